The molecule has 0 aliphatic carbocycles. The Labute approximate surface area is 133 Å². The van der Waals surface area contributed by atoms with E-state index in [-0.39, 0.29) is 0 Å². The van der Waals surface area contributed by atoms with Gasteiger partial charge in [0.15, 0.2) is 21.7 Å². The molecule has 0 aromatic rings. The predicted octanol–water partition coefficient (Wildman–Crippen LogP) is 2.41. The maximum Gasteiger partial charge on any atom is 0.460 e. The summed E-state index contributed by atoms with van der Waals surface area (Å²) in [6, 6.07) is 0. The maximum absolute atomic E-state index is 12.2. The van der Waals surface area contributed by atoms with Gasteiger partial charge in [-0.1, -0.05) is 0 Å². The molecule has 0 atom stereocenters. The SMILES string of the molecule is CC(=O)C[S+](C)C.O=S(=O)([O-])C(F)(F)C(F)(F)C(F)(F)C(F)(F)F. The van der Waals surface area contributed by atoms with Crippen LogP contribution < -0.4 is 0 Å². The van der Waals surface area contributed by atoms with Gasteiger partial charge in [-0.15, -0.1) is 0 Å². The molecule has 146 valence electrons. The smallest absolute Gasteiger partial charge is 0.460 e. The van der Waals surface area contributed by atoms with Crippen LogP contribution in [0, 0.1) is 0 Å². The highest BCUT2D eigenvalue weighted by Gasteiger charge is 2.83. The van der Waals surface area contributed by atoms with Crippen LogP contribution in [0.5, 0.6) is 0 Å². The van der Waals surface area contributed by atoms with Crippen LogP contribution in [0.15, 0.2) is 0 Å². The normalized spacial score (nSPS) is 14.2. The lowest BCUT2D eigenvalue weighted by Crippen LogP contribution is -2.63. The second-order valence-corrected chi connectivity index (χ2v) is 8.13. The number of Topliss-reactive ketones (excluding diaryl/α,β-unsaturated/α-hetero) is 1. The molecule has 0 fully saturated rings. The molecular formula is C9H11F9O4S2. The number of halogens is 9. The maximum atomic E-state index is 12.2. The molecule has 0 radical (unpaired) electrons. The molecule has 0 aliphatic rings. The minimum Gasteiger partial charge on any atom is -0.743 e. The highest BCUT2D eigenvalue weighted by molar-refractivity contribution is 7.96. The Morgan fingerprint density at radius 1 is 0.917 bits per heavy atom. The van der Waals surface area contributed by atoms with E-state index < -0.39 is 33.4 Å². The van der Waals surface area contributed by atoms with Crippen molar-refractivity contribution in [3.63, 3.8) is 0 Å². The summed E-state index contributed by atoms with van der Waals surface area (Å²) >= 11 is 0. The van der Waals surface area contributed by atoms with Gasteiger partial charge in [-0.05, 0) is 17.8 Å². The van der Waals surface area contributed by atoms with Crippen molar-refractivity contribution >= 4 is 26.8 Å². The average Bonchev–Trinajstić information content (AvgIpc) is 2.23. The summed E-state index contributed by atoms with van der Waals surface area (Å²) < 4.78 is 135. The van der Waals surface area contributed by atoms with E-state index in [1.165, 1.54) is 0 Å². The van der Waals surface area contributed by atoms with Gasteiger partial charge < -0.3 is 4.55 Å². The third-order valence-electron chi connectivity index (χ3n) is 1.92. The van der Waals surface area contributed by atoms with Crippen LogP contribution in [-0.4, -0.2) is 60.3 Å². The number of carbonyl (C=O) groups excluding carboxylic acids is 1. The fraction of sp³-hybridized carbons (Fsp3) is 0.889. The lowest BCUT2D eigenvalue weighted by Gasteiger charge is -2.34. The highest BCUT2D eigenvalue weighted by atomic mass is 32.2. The molecule has 0 N–H and O–H groups in total. The molecule has 0 rings (SSSR count). The molecule has 0 saturated heterocycles. The van der Waals surface area contributed by atoms with Crippen molar-refractivity contribution in [2.75, 3.05) is 18.3 Å². The van der Waals surface area contributed by atoms with Crippen molar-refractivity contribution in [1.82, 2.24) is 0 Å². The average molecular weight is 418 g/mol. The summed E-state index contributed by atoms with van der Waals surface area (Å²) in [4.78, 5) is 10.3. The van der Waals surface area contributed by atoms with Gasteiger partial charge in [0.1, 0.15) is 0 Å². The van der Waals surface area contributed by atoms with Crippen molar-refractivity contribution < 1.29 is 57.3 Å². The minimum atomic E-state index is -7.43. The fourth-order valence-corrected chi connectivity index (χ4v) is 2.18. The minimum absolute atomic E-state index is 0.299. The van der Waals surface area contributed by atoms with Crippen LogP contribution >= 0.6 is 0 Å². The van der Waals surface area contributed by atoms with E-state index in [0.717, 1.165) is 5.75 Å². The standard InChI is InChI=1S/C5H11OS.C4HF9O3S/c1-5(6)4-7(2)3;5-1(6,3(9,10)11)2(7,8)4(12,13)17(14,15)16/h4H2,1-3H3;(H,14,15,16)/q+1;/p-1. The summed E-state index contributed by atoms with van der Waals surface area (Å²) in [5, 5.41) is -7.11. The zero-order valence-corrected chi connectivity index (χ0v) is 13.7. The van der Waals surface area contributed by atoms with Gasteiger partial charge in [0.25, 0.3) is 0 Å². The molecule has 0 amide bonds. The van der Waals surface area contributed by atoms with E-state index >= 15 is 0 Å². The molecule has 0 aromatic heterocycles. The summed E-state index contributed by atoms with van der Waals surface area (Å²) in [5.74, 6) is -13.8. The first-order chi connectivity index (χ1) is 10.1. The van der Waals surface area contributed by atoms with Gasteiger partial charge in [0, 0.05) is 0 Å². The van der Waals surface area contributed by atoms with E-state index in [1.54, 1.807) is 6.92 Å². The van der Waals surface area contributed by atoms with E-state index in [4.69, 9.17) is 0 Å². The van der Waals surface area contributed by atoms with Crippen LogP contribution in [0.25, 0.3) is 0 Å². The van der Waals surface area contributed by atoms with Crippen LogP contribution in [0.1, 0.15) is 6.92 Å². The Kier molecular flexibility index (Phi) is 8.17. The molecule has 0 aromatic carbocycles. The van der Waals surface area contributed by atoms with Crippen LogP contribution in [0.3, 0.4) is 0 Å². The summed E-state index contributed by atoms with van der Waals surface area (Å²) in [7, 11) is -7.11. The lowest BCUT2D eigenvalue weighted by molar-refractivity contribution is -0.382. The first-order valence-electron chi connectivity index (χ1n) is 5.32. The molecule has 0 bridgehead atoms. The Morgan fingerprint density at radius 3 is 1.38 bits per heavy atom. The summed E-state index contributed by atoms with van der Waals surface area (Å²) in [6.45, 7) is 1.63. The third kappa shape index (κ3) is 5.68. The summed E-state index contributed by atoms with van der Waals surface area (Å²) in [5.41, 5.74) is 0. The molecule has 15 heteroatoms. The summed E-state index contributed by atoms with van der Waals surface area (Å²) in [6.07, 6.45) is -3.02. The predicted molar refractivity (Wildman–Crippen MR) is 65.4 cm³/mol. The third-order valence-corrected chi connectivity index (χ3v) is 3.79. The number of rotatable bonds is 5. The molecule has 0 saturated carbocycles. The van der Waals surface area contributed by atoms with Crippen LogP contribution in [0.2, 0.25) is 0 Å². The van der Waals surface area contributed by atoms with Crippen molar-refractivity contribution in [2.45, 2.75) is 30.2 Å². The van der Waals surface area contributed by atoms with Crippen molar-refractivity contribution in [3.05, 3.63) is 0 Å². The van der Waals surface area contributed by atoms with Crippen molar-refractivity contribution in [2.24, 2.45) is 0 Å². The number of hydrogen-bond donors (Lipinski definition) is 0. The second kappa shape index (κ2) is 7.68. The van der Waals surface area contributed by atoms with Crippen LogP contribution in [-0.2, 0) is 25.8 Å². The molecule has 0 aliphatic heterocycles. The Hall–Kier alpha value is -0.700. The number of carbonyl (C=O) groups is 1. The molecule has 0 heterocycles. The Balaban J connectivity index is 0. The van der Waals surface area contributed by atoms with Crippen molar-refractivity contribution in [1.29, 1.82) is 0 Å². The zero-order chi connectivity index (χ0) is 20.4. The van der Waals surface area contributed by atoms with E-state index in [1.807, 2.05) is 0 Å². The topological polar surface area (TPSA) is 74.3 Å². The van der Waals surface area contributed by atoms with Gasteiger partial charge in [0.2, 0.25) is 0 Å². The largest absolute Gasteiger partial charge is 0.743 e. The van der Waals surface area contributed by atoms with Gasteiger partial charge in [-0.25, -0.2) is 8.42 Å². The van der Waals surface area contributed by atoms with E-state index in [2.05, 4.69) is 12.5 Å². The van der Waals surface area contributed by atoms with Gasteiger partial charge in [-0.2, -0.15) is 39.5 Å². The van der Waals surface area contributed by atoms with E-state index in [9.17, 15) is 57.3 Å². The number of hydrogen-bond acceptors (Lipinski definition) is 4. The lowest BCUT2D eigenvalue weighted by atomic mass is 10.1. The molecule has 24 heavy (non-hydrogen) atoms. The van der Waals surface area contributed by atoms with Gasteiger partial charge in [0.05, 0.1) is 12.5 Å². The zero-order valence-electron chi connectivity index (χ0n) is 12.1. The number of alkyl halides is 9. The number of ketones is 1. The van der Waals surface area contributed by atoms with Gasteiger partial charge >= 0.3 is 23.3 Å². The van der Waals surface area contributed by atoms with E-state index in [0.29, 0.717) is 16.7 Å². The quantitative estimate of drug-likeness (QED) is 0.391. The monoisotopic (exact) mass is 418 g/mol. The molecule has 4 nitrogen and oxygen atoms in total. The molecular weight excluding hydrogens is 407 g/mol. The fourth-order valence-electron chi connectivity index (χ4n) is 0.924. The Morgan fingerprint density at radius 2 is 1.25 bits per heavy atom. The first kappa shape index (κ1) is 25.5. The van der Waals surface area contributed by atoms with Gasteiger partial charge in [-0.3, -0.25) is 4.79 Å². The molecule has 0 unspecified atom stereocenters. The highest BCUT2D eigenvalue weighted by Crippen LogP contribution is 2.54. The molecule has 0 spiro atoms. The van der Waals surface area contributed by atoms with Crippen LogP contribution in [0.4, 0.5) is 39.5 Å². The van der Waals surface area contributed by atoms with Crippen molar-refractivity contribution in [3.8, 4) is 0 Å². The first-order valence-corrected chi connectivity index (χ1v) is 8.94. The Bertz CT molecular complexity index is 540. The second-order valence-electron chi connectivity index (χ2n) is 4.45.